The van der Waals surface area contributed by atoms with Gasteiger partial charge in [-0.25, -0.2) is 15.0 Å². The standard InChI is InChI=1S/C63H39N5O/c1-4-14-40(15-5-1)42-24-28-44(29-25-42)61-64-62(45-30-26-43(27-31-45)41-16-6-2-7-17-41)66-63(65-61)46-32-34-48(35-33-46)68-56-23-13-11-21-50(56)52-37-39-54-53-38-36-51-49-20-10-12-22-55(49)67(47-18-8-3-9-19-47)57(51)59(53)69-60(54)58(52)68/h1-39H. The van der Waals surface area contributed by atoms with Gasteiger partial charge in [0.25, 0.3) is 0 Å². The Hall–Kier alpha value is -9.39. The highest BCUT2D eigenvalue weighted by atomic mass is 16.3. The third-order valence-electron chi connectivity index (χ3n) is 13.6. The lowest BCUT2D eigenvalue weighted by Gasteiger charge is -2.11. The van der Waals surface area contributed by atoms with Crippen molar-refractivity contribution in [3.63, 3.8) is 0 Å². The first kappa shape index (κ1) is 38.8. The van der Waals surface area contributed by atoms with Crippen LogP contribution in [0.3, 0.4) is 0 Å². The van der Waals surface area contributed by atoms with Crippen LogP contribution in [0.15, 0.2) is 241 Å². The maximum absolute atomic E-state index is 7.26. The number of aromatic nitrogens is 5. The number of para-hydroxylation sites is 3. The van der Waals surface area contributed by atoms with Crippen molar-refractivity contribution in [2.45, 2.75) is 0 Å². The van der Waals surface area contributed by atoms with Crippen LogP contribution in [0.2, 0.25) is 0 Å². The Balaban J connectivity index is 0.925. The molecule has 0 fully saturated rings. The van der Waals surface area contributed by atoms with Crippen molar-refractivity contribution in [3.8, 4) is 67.8 Å². The minimum atomic E-state index is 0.598. The summed E-state index contributed by atoms with van der Waals surface area (Å²) in [5.41, 5.74) is 15.4. The van der Waals surface area contributed by atoms with Crippen molar-refractivity contribution >= 4 is 65.6 Å². The summed E-state index contributed by atoms with van der Waals surface area (Å²) in [6.07, 6.45) is 0. The average Bonchev–Trinajstić information content (AvgIpc) is 4.10. The molecule has 6 heteroatoms. The average molecular weight is 882 g/mol. The van der Waals surface area contributed by atoms with Gasteiger partial charge < -0.3 is 13.6 Å². The highest BCUT2D eigenvalue weighted by Gasteiger charge is 2.23. The van der Waals surface area contributed by atoms with Crippen LogP contribution in [0.25, 0.3) is 133 Å². The van der Waals surface area contributed by atoms with E-state index < -0.39 is 0 Å². The molecule has 0 amide bonds. The van der Waals surface area contributed by atoms with E-state index in [1.165, 1.54) is 5.39 Å². The maximum atomic E-state index is 7.26. The van der Waals surface area contributed by atoms with E-state index in [1.807, 2.05) is 12.1 Å². The Labute approximate surface area is 396 Å². The zero-order valence-corrected chi connectivity index (χ0v) is 37.2. The summed E-state index contributed by atoms with van der Waals surface area (Å²) in [6, 6.07) is 83.1. The molecule has 10 aromatic carbocycles. The van der Waals surface area contributed by atoms with Gasteiger partial charge in [-0.2, -0.15) is 0 Å². The first-order chi connectivity index (χ1) is 34.2. The highest BCUT2D eigenvalue weighted by molar-refractivity contribution is 6.26. The Morgan fingerprint density at radius 2 is 0.565 bits per heavy atom. The SMILES string of the molecule is c1ccc(-c2ccc(-c3nc(-c4ccc(-c5ccccc5)cc4)nc(-c4ccc(-n5c6ccccc6c6ccc7c8ccc9c%10ccccc%10n(-c%10ccccc%10)c9c8oc7c65)cc4)n3)cc2)cc1. The van der Waals surface area contributed by atoms with Gasteiger partial charge >= 0.3 is 0 Å². The summed E-state index contributed by atoms with van der Waals surface area (Å²) in [5.74, 6) is 1.82. The van der Waals surface area contributed by atoms with Crippen LogP contribution in [0.1, 0.15) is 0 Å². The lowest BCUT2D eigenvalue weighted by Crippen LogP contribution is -2.01. The van der Waals surface area contributed by atoms with E-state index in [0.29, 0.717) is 17.5 Å². The molecule has 4 heterocycles. The molecule has 0 radical (unpaired) electrons. The number of rotatable bonds is 7. The van der Waals surface area contributed by atoms with Crippen LogP contribution in [0.4, 0.5) is 0 Å². The van der Waals surface area contributed by atoms with Crippen LogP contribution in [-0.4, -0.2) is 24.1 Å². The van der Waals surface area contributed by atoms with Gasteiger partial charge in [0.1, 0.15) is 0 Å². The molecular weight excluding hydrogens is 843 g/mol. The van der Waals surface area contributed by atoms with Crippen molar-refractivity contribution in [2.24, 2.45) is 0 Å². The fourth-order valence-corrected chi connectivity index (χ4v) is 10.3. The van der Waals surface area contributed by atoms with E-state index in [0.717, 1.165) is 110 Å². The summed E-state index contributed by atoms with van der Waals surface area (Å²) < 4.78 is 12.0. The maximum Gasteiger partial charge on any atom is 0.164 e. The molecule has 0 saturated heterocycles. The van der Waals surface area contributed by atoms with Gasteiger partial charge in [0.2, 0.25) is 0 Å². The molecule has 14 aromatic rings. The highest BCUT2D eigenvalue weighted by Crippen LogP contribution is 2.44. The lowest BCUT2D eigenvalue weighted by atomic mass is 10.0. The Morgan fingerprint density at radius 3 is 1.00 bits per heavy atom. The molecule has 69 heavy (non-hydrogen) atoms. The van der Waals surface area contributed by atoms with Gasteiger partial charge in [-0.3, -0.25) is 0 Å². The van der Waals surface area contributed by atoms with E-state index in [4.69, 9.17) is 19.4 Å². The molecule has 0 spiro atoms. The van der Waals surface area contributed by atoms with Crippen molar-refractivity contribution in [2.75, 3.05) is 0 Å². The van der Waals surface area contributed by atoms with E-state index in [1.54, 1.807) is 0 Å². The van der Waals surface area contributed by atoms with Gasteiger partial charge in [0.15, 0.2) is 28.6 Å². The quantitative estimate of drug-likeness (QED) is 0.160. The first-order valence-electron chi connectivity index (χ1n) is 23.3. The monoisotopic (exact) mass is 881 g/mol. The molecule has 0 aliphatic carbocycles. The van der Waals surface area contributed by atoms with Gasteiger partial charge in [0.05, 0.1) is 22.1 Å². The third kappa shape index (κ3) is 6.30. The molecule has 14 rings (SSSR count). The predicted octanol–water partition coefficient (Wildman–Crippen LogP) is 16.3. The summed E-state index contributed by atoms with van der Waals surface area (Å²) in [5, 5.41) is 6.79. The molecule has 6 nitrogen and oxygen atoms in total. The van der Waals surface area contributed by atoms with Gasteiger partial charge in [-0.05, 0) is 82.9 Å². The van der Waals surface area contributed by atoms with Crippen molar-refractivity contribution in [3.05, 3.63) is 237 Å². The van der Waals surface area contributed by atoms with Crippen LogP contribution < -0.4 is 0 Å². The predicted molar refractivity (Wildman–Crippen MR) is 283 cm³/mol. The Kier molecular flexibility index (Phi) is 8.79. The third-order valence-corrected chi connectivity index (χ3v) is 13.6. The van der Waals surface area contributed by atoms with Crippen molar-refractivity contribution in [1.82, 2.24) is 24.1 Å². The number of hydrogen-bond donors (Lipinski definition) is 0. The smallest absolute Gasteiger partial charge is 0.164 e. The zero-order valence-electron chi connectivity index (χ0n) is 37.2. The molecule has 0 bridgehead atoms. The summed E-state index contributed by atoms with van der Waals surface area (Å²) >= 11 is 0. The van der Waals surface area contributed by atoms with E-state index in [-0.39, 0.29) is 0 Å². The fraction of sp³-hybridized carbons (Fsp3) is 0. The van der Waals surface area contributed by atoms with Crippen molar-refractivity contribution < 1.29 is 4.42 Å². The van der Waals surface area contributed by atoms with Gasteiger partial charge in [0, 0.05) is 60.4 Å². The van der Waals surface area contributed by atoms with E-state index in [2.05, 4.69) is 234 Å². The van der Waals surface area contributed by atoms with Crippen LogP contribution >= 0.6 is 0 Å². The molecule has 322 valence electrons. The van der Waals surface area contributed by atoms with Gasteiger partial charge in [-0.1, -0.05) is 176 Å². The molecule has 0 atom stereocenters. The number of hydrogen-bond acceptors (Lipinski definition) is 4. The lowest BCUT2D eigenvalue weighted by molar-refractivity contribution is 0.673. The second-order valence-corrected chi connectivity index (χ2v) is 17.6. The number of furan rings is 1. The largest absolute Gasteiger partial charge is 0.452 e. The number of nitrogens with zero attached hydrogens (tertiary/aromatic N) is 5. The molecule has 0 aliphatic heterocycles. The van der Waals surface area contributed by atoms with E-state index in [9.17, 15) is 0 Å². The Morgan fingerprint density at radius 1 is 0.246 bits per heavy atom. The summed E-state index contributed by atoms with van der Waals surface area (Å²) in [7, 11) is 0. The molecule has 0 unspecified atom stereocenters. The molecule has 0 N–H and O–H groups in total. The number of benzene rings is 10. The molecule has 0 aliphatic rings. The first-order valence-corrected chi connectivity index (χ1v) is 23.3. The second-order valence-electron chi connectivity index (χ2n) is 17.6. The normalized spacial score (nSPS) is 11.8. The minimum Gasteiger partial charge on any atom is -0.452 e. The zero-order chi connectivity index (χ0) is 45.4. The second kappa shape index (κ2) is 15.6. The fourth-order valence-electron chi connectivity index (χ4n) is 10.3. The van der Waals surface area contributed by atoms with Crippen molar-refractivity contribution in [1.29, 1.82) is 0 Å². The van der Waals surface area contributed by atoms with Crippen LogP contribution in [0.5, 0.6) is 0 Å². The molecule has 0 saturated carbocycles. The molecule has 4 aromatic heterocycles. The topological polar surface area (TPSA) is 61.7 Å². The van der Waals surface area contributed by atoms with E-state index >= 15 is 0 Å². The van der Waals surface area contributed by atoms with Gasteiger partial charge in [-0.15, -0.1) is 0 Å². The Bertz CT molecular complexity index is 4150. The van der Waals surface area contributed by atoms with Crippen LogP contribution in [0, 0.1) is 0 Å². The summed E-state index contributed by atoms with van der Waals surface area (Å²) in [6.45, 7) is 0. The number of fused-ring (bicyclic) bond motifs is 11. The molecular formula is C63H39N5O. The summed E-state index contributed by atoms with van der Waals surface area (Å²) in [4.78, 5) is 15.4. The van der Waals surface area contributed by atoms with Crippen LogP contribution in [-0.2, 0) is 0 Å². The minimum absolute atomic E-state index is 0.598.